The highest BCUT2D eigenvalue weighted by Gasteiger charge is 2.29. The Kier molecular flexibility index (Phi) is 6.53. The molecule has 1 fully saturated rings. The van der Waals surface area contributed by atoms with Gasteiger partial charge in [0.1, 0.15) is 0 Å². The first-order valence-electron chi connectivity index (χ1n) is 9.06. The van der Waals surface area contributed by atoms with Crippen LogP contribution in [0.2, 0.25) is 0 Å². The summed E-state index contributed by atoms with van der Waals surface area (Å²) in [5.74, 6) is 0.479. The molecule has 0 aromatic heterocycles. The maximum atomic E-state index is 12.9. The maximum absolute atomic E-state index is 12.9. The average molecular weight is 384 g/mol. The molecule has 0 saturated carbocycles. The maximum Gasteiger partial charge on any atom is 0.233 e. The van der Waals surface area contributed by atoms with Gasteiger partial charge in [0.2, 0.25) is 11.8 Å². The van der Waals surface area contributed by atoms with Gasteiger partial charge >= 0.3 is 0 Å². The fourth-order valence-corrected chi connectivity index (χ4v) is 4.03. The molecule has 2 amide bonds. The van der Waals surface area contributed by atoms with Crippen molar-refractivity contribution in [2.75, 3.05) is 37.8 Å². The molecule has 142 valence electrons. The summed E-state index contributed by atoms with van der Waals surface area (Å²) >= 11 is 1.53. The van der Waals surface area contributed by atoms with Crippen LogP contribution in [0.4, 0.5) is 5.69 Å². The molecule has 1 atom stereocenters. The fraction of sp³-hybridized carbons (Fsp3) is 0.333. The molecule has 3 rings (SSSR count). The third kappa shape index (κ3) is 5.34. The van der Waals surface area contributed by atoms with Gasteiger partial charge in [-0.25, -0.2) is 0 Å². The number of nitrogens with one attached hydrogen (secondary N) is 1. The SMILES string of the molecule is CC(=O)Nc1ccc(SCC(=O)N2CCN(C)C[C@@H]2c2ccccc2)cc1. The summed E-state index contributed by atoms with van der Waals surface area (Å²) in [4.78, 5) is 29.3. The Balaban J connectivity index is 1.62. The van der Waals surface area contributed by atoms with Crippen molar-refractivity contribution >= 4 is 29.3 Å². The number of nitrogens with zero attached hydrogens (tertiary/aromatic N) is 2. The minimum Gasteiger partial charge on any atom is -0.332 e. The van der Waals surface area contributed by atoms with Gasteiger partial charge in [-0.3, -0.25) is 9.59 Å². The number of hydrogen-bond acceptors (Lipinski definition) is 4. The molecule has 0 aliphatic carbocycles. The molecule has 6 heteroatoms. The molecule has 1 aliphatic heterocycles. The van der Waals surface area contributed by atoms with E-state index in [1.807, 2.05) is 47.4 Å². The Bertz CT molecular complexity index is 780. The van der Waals surface area contributed by atoms with Crippen molar-refractivity contribution in [2.24, 2.45) is 0 Å². The lowest BCUT2D eigenvalue weighted by atomic mass is 10.0. The van der Waals surface area contributed by atoms with Crippen LogP contribution < -0.4 is 5.32 Å². The standard InChI is InChI=1S/C21H25N3O2S/c1-16(25)22-18-8-10-19(11-9-18)27-15-21(26)24-13-12-23(2)14-20(24)17-6-4-3-5-7-17/h3-11,20H,12-15H2,1-2H3,(H,22,25)/t20-/m1/s1. The predicted octanol–water partition coefficient (Wildman–Crippen LogP) is 3.25. The summed E-state index contributed by atoms with van der Waals surface area (Å²) in [6.07, 6.45) is 0. The van der Waals surface area contributed by atoms with Crippen LogP contribution in [0.1, 0.15) is 18.5 Å². The molecule has 1 aliphatic rings. The van der Waals surface area contributed by atoms with E-state index in [9.17, 15) is 9.59 Å². The monoisotopic (exact) mass is 383 g/mol. The van der Waals surface area contributed by atoms with Crippen LogP contribution in [0, 0.1) is 0 Å². The van der Waals surface area contributed by atoms with Gasteiger partial charge in [0, 0.05) is 37.1 Å². The van der Waals surface area contributed by atoms with Crippen LogP contribution in [-0.2, 0) is 9.59 Å². The molecule has 0 spiro atoms. The summed E-state index contributed by atoms with van der Waals surface area (Å²) in [5, 5.41) is 2.75. The van der Waals surface area contributed by atoms with Gasteiger partial charge in [0.25, 0.3) is 0 Å². The lowest BCUT2D eigenvalue weighted by molar-refractivity contribution is -0.133. The Morgan fingerprint density at radius 3 is 2.44 bits per heavy atom. The molecule has 2 aromatic carbocycles. The molecule has 0 unspecified atom stereocenters. The smallest absolute Gasteiger partial charge is 0.233 e. The highest BCUT2D eigenvalue weighted by atomic mass is 32.2. The number of thioether (sulfide) groups is 1. The van der Waals surface area contributed by atoms with E-state index in [1.165, 1.54) is 24.2 Å². The number of piperazine rings is 1. The normalized spacial score (nSPS) is 17.6. The van der Waals surface area contributed by atoms with Gasteiger partial charge in [-0.2, -0.15) is 0 Å². The molecular weight excluding hydrogens is 358 g/mol. The molecule has 1 heterocycles. The first kappa shape index (κ1) is 19.5. The second-order valence-electron chi connectivity index (χ2n) is 6.77. The molecule has 1 saturated heterocycles. The Hall–Kier alpha value is -2.31. The number of carbonyl (C=O) groups is 2. The zero-order valence-corrected chi connectivity index (χ0v) is 16.5. The first-order chi connectivity index (χ1) is 13.0. The number of rotatable bonds is 5. The van der Waals surface area contributed by atoms with Gasteiger partial charge in [-0.05, 0) is 36.9 Å². The zero-order chi connectivity index (χ0) is 19.2. The van der Waals surface area contributed by atoms with Crippen molar-refractivity contribution in [1.82, 2.24) is 9.80 Å². The minimum atomic E-state index is -0.0902. The van der Waals surface area contributed by atoms with Gasteiger partial charge in [0.15, 0.2) is 0 Å². The number of benzene rings is 2. The van der Waals surface area contributed by atoms with Crippen molar-refractivity contribution in [2.45, 2.75) is 17.9 Å². The Morgan fingerprint density at radius 2 is 1.78 bits per heavy atom. The molecular formula is C21H25N3O2S. The van der Waals surface area contributed by atoms with Gasteiger partial charge in [-0.15, -0.1) is 11.8 Å². The van der Waals surface area contributed by atoms with E-state index in [0.29, 0.717) is 5.75 Å². The van der Waals surface area contributed by atoms with Gasteiger partial charge in [0.05, 0.1) is 11.8 Å². The second kappa shape index (κ2) is 9.06. The number of amides is 2. The Labute approximate surface area is 164 Å². The zero-order valence-electron chi connectivity index (χ0n) is 15.7. The van der Waals surface area contributed by atoms with Crippen molar-refractivity contribution < 1.29 is 9.59 Å². The van der Waals surface area contributed by atoms with Crippen LogP contribution in [0.5, 0.6) is 0 Å². The number of carbonyl (C=O) groups excluding carboxylic acids is 2. The van der Waals surface area contributed by atoms with Crippen LogP contribution in [0.25, 0.3) is 0 Å². The molecule has 2 aromatic rings. The van der Waals surface area contributed by atoms with E-state index < -0.39 is 0 Å². The highest BCUT2D eigenvalue weighted by Crippen LogP contribution is 2.27. The van der Waals surface area contributed by atoms with Crippen LogP contribution >= 0.6 is 11.8 Å². The van der Waals surface area contributed by atoms with E-state index in [4.69, 9.17) is 0 Å². The number of likely N-dealkylation sites (N-methyl/N-ethyl adjacent to an activating group) is 1. The second-order valence-corrected chi connectivity index (χ2v) is 7.82. The lowest BCUT2D eigenvalue weighted by Gasteiger charge is -2.40. The fourth-order valence-electron chi connectivity index (χ4n) is 3.24. The van der Waals surface area contributed by atoms with Crippen LogP contribution in [0.3, 0.4) is 0 Å². The van der Waals surface area contributed by atoms with Crippen molar-refractivity contribution in [3.8, 4) is 0 Å². The van der Waals surface area contributed by atoms with Gasteiger partial charge < -0.3 is 15.1 Å². The van der Waals surface area contributed by atoms with E-state index in [2.05, 4.69) is 29.4 Å². The molecule has 27 heavy (non-hydrogen) atoms. The van der Waals surface area contributed by atoms with E-state index in [-0.39, 0.29) is 17.9 Å². The third-order valence-corrected chi connectivity index (χ3v) is 5.62. The lowest BCUT2D eigenvalue weighted by Crippen LogP contribution is -2.49. The highest BCUT2D eigenvalue weighted by molar-refractivity contribution is 8.00. The minimum absolute atomic E-state index is 0.0902. The topological polar surface area (TPSA) is 52.7 Å². The summed E-state index contributed by atoms with van der Waals surface area (Å²) in [6.45, 7) is 3.98. The van der Waals surface area contributed by atoms with Crippen molar-refractivity contribution in [3.63, 3.8) is 0 Å². The van der Waals surface area contributed by atoms with Gasteiger partial charge in [-0.1, -0.05) is 30.3 Å². The van der Waals surface area contributed by atoms with E-state index in [0.717, 1.165) is 30.2 Å². The van der Waals surface area contributed by atoms with Crippen LogP contribution in [-0.4, -0.2) is 54.0 Å². The quantitative estimate of drug-likeness (QED) is 0.806. The van der Waals surface area contributed by atoms with Crippen LogP contribution in [0.15, 0.2) is 59.5 Å². The van der Waals surface area contributed by atoms with Crippen molar-refractivity contribution in [1.29, 1.82) is 0 Å². The van der Waals surface area contributed by atoms with E-state index >= 15 is 0 Å². The molecule has 0 radical (unpaired) electrons. The number of anilines is 1. The summed E-state index contributed by atoms with van der Waals surface area (Å²) in [7, 11) is 2.10. The summed E-state index contributed by atoms with van der Waals surface area (Å²) < 4.78 is 0. The third-order valence-electron chi connectivity index (χ3n) is 4.63. The molecule has 5 nitrogen and oxygen atoms in total. The Morgan fingerprint density at radius 1 is 1.07 bits per heavy atom. The first-order valence-corrected chi connectivity index (χ1v) is 10.0. The predicted molar refractivity (Wildman–Crippen MR) is 110 cm³/mol. The molecule has 0 bridgehead atoms. The molecule has 1 N–H and O–H groups in total. The summed E-state index contributed by atoms with van der Waals surface area (Å²) in [5.41, 5.74) is 1.95. The van der Waals surface area contributed by atoms with E-state index in [1.54, 1.807) is 0 Å². The van der Waals surface area contributed by atoms with Crippen molar-refractivity contribution in [3.05, 3.63) is 60.2 Å². The average Bonchev–Trinajstić information content (AvgIpc) is 2.67. The number of hydrogen-bond donors (Lipinski definition) is 1. The summed E-state index contributed by atoms with van der Waals surface area (Å²) in [6, 6.07) is 17.9. The largest absolute Gasteiger partial charge is 0.332 e.